The summed E-state index contributed by atoms with van der Waals surface area (Å²) in [4.78, 5) is 17.2. The fraction of sp³-hybridized carbons (Fsp3) is 0.450. The van der Waals surface area contributed by atoms with Crippen LogP contribution >= 0.6 is 0 Å². The molecule has 13 heteroatoms. The number of amides is 2. The Morgan fingerprint density at radius 3 is 2.58 bits per heavy atom. The molecular formula is C40H53FN8O4. The van der Waals surface area contributed by atoms with E-state index in [1.165, 1.54) is 10.7 Å². The monoisotopic (exact) mass is 728 g/mol. The first kappa shape index (κ1) is 39.2. The molecule has 0 spiro atoms. The molecule has 53 heavy (non-hydrogen) atoms. The molecule has 3 aromatic rings. The lowest BCUT2D eigenvalue weighted by Crippen LogP contribution is -2.49. The lowest BCUT2D eigenvalue weighted by Gasteiger charge is -2.38. The van der Waals surface area contributed by atoms with E-state index in [-0.39, 0.29) is 54.9 Å². The molecule has 0 radical (unpaired) electrons. The molecule has 0 bridgehead atoms. The van der Waals surface area contributed by atoms with E-state index in [4.69, 9.17) is 25.4 Å². The maximum Gasteiger partial charge on any atom is 0.320 e. The summed E-state index contributed by atoms with van der Waals surface area (Å²) in [6, 6.07) is 13.6. The molecule has 1 fully saturated rings. The minimum atomic E-state index is -0.512. The quantitative estimate of drug-likeness (QED) is 0.0456. The molecule has 12 nitrogen and oxygen atoms in total. The first-order chi connectivity index (χ1) is 25.3. The van der Waals surface area contributed by atoms with E-state index in [2.05, 4.69) is 29.2 Å². The number of nitrogens with one attached hydrogen (secondary N) is 4. The van der Waals surface area contributed by atoms with Crippen LogP contribution in [-0.4, -0.2) is 75.4 Å². The van der Waals surface area contributed by atoms with Crippen LogP contribution in [0.25, 0.3) is 5.69 Å². The van der Waals surface area contributed by atoms with Gasteiger partial charge in [-0.05, 0) is 80.0 Å². The zero-order valence-corrected chi connectivity index (χ0v) is 31.4. The number of guanidine groups is 1. The molecule has 284 valence electrons. The molecule has 1 aliphatic heterocycles. The minimum Gasteiger partial charge on any atom is -0.486 e. The van der Waals surface area contributed by atoms with Crippen LogP contribution in [0.2, 0.25) is 0 Å². The molecule has 1 aromatic heterocycles. The van der Waals surface area contributed by atoms with Crippen molar-refractivity contribution < 1.29 is 23.8 Å². The molecule has 5 N–H and O–H groups in total. The lowest BCUT2D eigenvalue weighted by atomic mass is 9.85. The van der Waals surface area contributed by atoms with Gasteiger partial charge in [-0.1, -0.05) is 57.7 Å². The normalized spacial score (nSPS) is 18.7. The summed E-state index contributed by atoms with van der Waals surface area (Å²) in [5.74, 6) is 0.662. The summed E-state index contributed by atoms with van der Waals surface area (Å²) in [5, 5.41) is 36.9. The number of ether oxygens (including phenoxy) is 2. The van der Waals surface area contributed by atoms with Gasteiger partial charge >= 0.3 is 6.03 Å². The Bertz CT molecular complexity index is 1830. The molecule has 1 saturated heterocycles. The molecule has 2 amide bonds. The number of likely N-dealkylation sites (N-methyl/N-ethyl adjacent to an activating group) is 1. The second-order valence-electron chi connectivity index (χ2n) is 14.7. The number of benzene rings is 2. The number of hydrogen-bond acceptors (Lipinski definition) is 7. The number of nitrogens with zero attached hydrogens (tertiary/aromatic N) is 4. The van der Waals surface area contributed by atoms with Gasteiger partial charge in [0.1, 0.15) is 35.0 Å². The highest BCUT2D eigenvalue weighted by atomic mass is 19.1. The van der Waals surface area contributed by atoms with Gasteiger partial charge < -0.3 is 29.7 Å². The van der Waals surface area contributed by atoms with Crippen LogP contribution < -0.4 is 10.6 Å². The number of amidine groups is 1. The summed E-state index contributed by atoms with van der Waals surface area (Å²) in [5.41, 5.74) is 2.99. The SMILES string of the molecule is C=C(/C=C\C(=N)N(C)C(=N)N1CCCC[C@@H]1C)O[C@@H]1CC[C@H](NC(=O)Nc2cc(C(C)(C)C)nn2-c2cc(COCCO)ccc2F)c2ccccc21. The van der Waals surface area contributed by atoms with Gasteiger partial charge in [0.15, 0.2) is 5.96 Å². The number of carbonyl (C=O) groups excluding carboxylic acids is 1. The van der Waals surface area contributed by atoms with Crippen molar-refractivity contribution in [2.75, 3.05) is 32.1 Å². The third kappa shape index (κ3) is 9.71. The molecule has 2 aliphatic rings. The van der Waals surface area contributed by atoms with Crippen molar-refractivity contribution in [1.29, 1.82) is 10.8 Å². The number of fused-ring (bicyclic) bond motifs is 1. The van der Waals surface area contributed by atoms with Crippen molar-refractivity contribution in [3.63, 3.8) is 0 Å². The topological polar surface area (TPSA) is 152 Å². The number of carbonyl (C=O) groups is 1. The van der Waals surface area contributed by atoms with Gasteiger partial charge in [-0.2, -0.15) is 5.10 Å². The number of aliphatic hydroxyl groups excluding tert-OH is 1. The molecule has 3 atom stereocenters. The Kier molecular flexibility index (Phi) is 12.7. The standard InChI is InChI=1S/C40H53FN8O4/c1-26-11-9-10-20-48(26)38(43)47(6)36(42)19-14-27(2)53-34-18-17-32(29-12-7-8-13-30(29)34)44-39(51)45-37-24-35(40(3,4)5)46-49(37)33-23-28(15-16-31(33)41)25-52-22-21-50/h7-8,12-16,19,23-24,26,32,34,42-43,50H,2,9-11,17-18,20-22,25H2,1,3-6H3,(H2,44,45,51)/b19-14-,42-36?,43-38?/t26-,32-,34+/m0/s1. The van der Waals surface area contributed by atoms with E-state index < -0.39 is 11.8 Å². The second-order valence-corrected chi connectivity index (χ2v) is 14.7. The van der Waals surface area contributed by atoms with Gasteiger partial charge in [-0.3, -0.25) is 16.1 Å². The van der Waals surface area contributed by atoms with Crippen molar-refractivity contribution in [2.24, 2.45) is 0 Å². The number of likely N-dealkylation sites (tertiary alicyclic amines) is 1. The Hall–Kier alpha value is -5.01. The first-order valence-corrected chi connectivity index (χ1v) is 18.2. The predicted octanol–water partition coefficient (Wildman–Crippen LogP) is 7.32. The van der Waals surface area contributed by atoms with Crippen molar-refractivity contribution in [1.82, 2.24) is 24.9 Å². The average Bonchev–Trinajstić information content (AvgIpc) is 3.56. The van der Waals surface area contributed by atoms with Crippen LogP contribution in [0.4, 0.5) is 15.0 Å². The first-order valence-electron chi connectivity index (χ1n) is 18.2. The van der Waals surface area contributed by atoms with Gasteiger partial charge in [0, 0.05) is 31.1 Å². The smallest absolute Gasteiger partial charge is 0.320 e. The van der Waals surface area contributed by atoms with Crippen LogP contribution in [0.1, 0.15) is 94.3 Å². The Balaban J connectivity index is 1.26. The number of aliphatic hydroxyl groups is 1. The van der Waals surface area contributed by atoms with Crippen LogP contribution in [0.5, 0.6) is 0 Å². The summed E-state index contributed by atoms with van der Waals surface area (Å²) in [6.07, 6.45) is 7.38. The van der Waals surface area contributed by atoms with Crippen molar-refractivity contribution in [3.05, 3.63) is 101 Å². The van der Waals surface area contributed by atoms with Crippen LogP contribution in [0, 0.1) is 16.6 Å². The van der Waals surface area contributed by atoms with E-state index in [1.54, 1.807) is 42.3 Å². The number of allylic oxidation sites excluding steroid dienone is 1. The predicted molar refractivity (Wildman–Crippen MR) is 205 cm³/mol. The maximum absolute atomic E-state index is 15.3. The number of anilines is 1. The molecular weight excluding hydrogens is 675 g/mol. The van der Waals surface area contributed by atoms with Crippen LogP contribution in [0.3, 0.4) is 0 Å². The molecule has 5 rings (SSSR count). The molecule has 0 unspecified atom stereocenters. The van der Waals surface area contributed by atoms with Gasteiger partial charge in [0.2, 0.25) is 0 Å². The van der Waals surface area contributed by atoms with Gasteiger partial charge in [-0.15, -0.1) is 0 Å². The van der Waals surface area contributed by atoms with E-state index >= 15 is 4.39 Å². The number of halogens is 1. The van der Waals surface area contributed by atoms with Crippen LogP contribution in [-0.2, 0) is 21.5 Å². The third-order valence-corrected chi connectivity index (χ3v) is 9.68. The highest BCUT2D eigenvalue weighted by Crippen LogP contribution is 2.39. The number of aromatic nitrogens is 2. The van der Waals surface area contributed by atoms with E-state index in [9.17, 15) is 4.79 Å². The van der Waals surface area contributed by atoms with Gasteiger partial charge in [0.25, 0.3) is 0 Å². The number of rotatable bonds is 11. The summed E-state index contributed by atoms with van der Waals surface area (Å²) >= 11 is 0. The maximum atomic E-state index is 15.3. The summed E-state index contributed by atoms with van der Waals surface area (Å²) < 4.78 is 28.4. The Morgan fingerprint density at radius 2 is 1.87 bits per heavy atom. The highest BCUT2D eigenvalue weighted by Gasteiger charge is 2.30. The van der Waals surface area contributed by atoms with E-state index in [0.717, 1.165) is 36.9 Å². The van der Waals surface area contributed by atoms with Crippen LogP contribution in [0.15, 0.2) is 73.0 Å². The zero-order valence-electron chi connectivity index (χ0n) is 31.4. The van der Waals surface area contributed by atoms with E-state index in [0.29, 0.717) is 41.6 Å². The van der Waals surface area contributed by atoms with Gasteiger partial charge in [-0.25, -0.2) is 13.9 Å². The molecule has 1 aliphatic carbocycles. The number of hydrogen-bond donors (Lipinski definition) is 5. The lowest BCUT2D eigenvalue weighted by molar-refractivity contribution is 0.0815. The fourth-order valence-corrected chi connectivity index (χ4v) is 6.64. The fourth-order valence-electron chi connectivity index (χ4n) is 6.64. The Labute approximate surface area is 311 Å². The molecule has 2 aromatic carbocycles. The largest absolute Gasteiger partial charge is 0.486 e. The number of piperidine rings is 1. The number of urea groups is 1. The van der Waals surface area contributed by atoms with Crippen molar-refractivity contribution in [3.8, 4) is 5.69 Å². The molecule has 2 heterocycles. The zero-order chi connectivity index (χ0) is 38.3. The molecule has 0 saturated carbocycles. The average molecular weight is 729 g/mol. The Morgan fingerprint density at radius 1 is 1.11 bits per heavy atom. The third-order valence-electron chi connectivity index (χ3n) is 9.68. The highest BCUT2D eigenvalue weighted by molar-refractivity contribution is 6.02. The summed E-state index contributed by atoms with van der Waals surface area (Å²) in [6.45, 7) is 13.2. The summed E-state index contributed by atoms with van der Waals surface area (Å²) in [7, 11) is 1.73. The second kappa shape index (κ2) is 17.2. The van der Waals surface area contributed by atoms with E-state index in [1.807, 2.05) is 49.9 Å². The minimum absolute atomic E-state index is 0.117. The van der Waals surface area contributed by atoms with Gasteiger partial charge in [0.05, 0.1) is 31.6 Å². The van der Waals surface area contributed by atoms with Crippen molar-refractivity contribution >= 4 is 23.6 Å². The van der Waals surface area contributed by atoms with Crippen molar-refractivity contribution in [2.45, 2.75) is 90.0 Å².